The Hall–Kier alpha value is -2.01. The molecule has 0 saturated carbocycles. The van der Waals surface area contributed by atoms with Crippen molar-refractivity contribution in [1.29, 1.82) is 0 Å². The molecular weight excluding hydrogens is 279 g/mol. The van der Waals surface area contributed by atoms with Crippen LogP contribution >= 0.6 is 0 Å². The van der Waals surface area contributed by atoms with Crippen LogP contribution < -0.4 is 10.5 Å². The van der Waals surface area contributed by atoms with E-state index in [1.54, 1.807) is 6.07 Å². The summed E-state index contributed by atoms with van der Waals surface area (Å²) in [4.78, 5) is 0. The summed E-state index contributed by atoms with van der Waals surface area (Å²) in [5.41, 5.74) is 6.07. The SMILES string of the molecule is CC(N)Cc1cccc(Oc2ccc(C(F)(F)F)cc2)c1. The van der Waals surface area contributed by atoms with Gasteiger partial charge in [-0.05, 0) is 55.3 Å². The molecule has 2 nitrogen and oxygen atoms in total. The number of hydrogen-bond acceptors (Lipinski definition) is 2. The van der Waals surface area contributed by atoms with Crippen LogP contribution in [0.3, 0.4) is 0 Å². The summed E-state index contributed by atoms with van der Waals surface area (Å²) in [5, 5.41) is 0. The van der Waals surface area contributed by atoms with Crippen LogP contribution in [0.2, 0.25) is 0 Å². The third-order valence-corrected chi connectivity index (χ3v) is 2.87. The van der Waals surface area contributed by atoms with Crippen molar-refractivity contribution >= 4 is 0 Å². The number of halogens is 3. The summed E-state index contributed by atoms with van der Waals surface area (Å²) in [6.45, 7) is 1.91. The lowest BCUT2D eigenvalue weighted by Crippen LogP contribution is -2.17. The van der Waals surface area contributed by atoms with E-state index in [9.17, 15) is 13.2 Å². The molecular formula is C16H16F3NO. The number of benzene rings is 2. The van der Waals surface area contributed by atoms with E-state index < -0.39 is 11.7 Å². The summed E-state index contributed by atoms with van der Waals surface area (Å²) in [6, 6.07) is 12.0. The van der Waals surface area contributed by atoms with Crippen molar-refractivity contribution in [2.24, 2.45) is 5.73 Å². The van der Waals surface area contributed by atoms with Crippen LogP contribution in [-0.4, -0.2) is 6.04 Å². The highest BCUT2D eigenvalue weighted by atomic mass is 19.4. The van der Waals surface area contributed by atoms with Gasteiger partial charge in [0.2, 0.25) is 0 Å². The number of alkyl halides is 3. The van der Waals surface area contributed by atoms with Crippen LogP contribution in [0.5, 0.6) is 11.5 Å². The molecule has 0 radical (unpaired) electrons. The van der Waals surface area contributed by atoms with E-state index in [0.29, 0.717) is 17.9 Å². The third kappa shape index (κ3) is 4.49. The second-order valence-corrected chi connectivity index (χ2v) is 4.95. The fourth-order valence-electron chi connectivity index (χ4n) is 1.96. The zero-order valence-corrected chi connectivity index (χ0v) is 11.5. The summed E-state index contributed by atoms with van der Waals surface area (Å²) in [5.74, 6) is 0.939. The topological polar surface area (TPSA) is 35.2 Å². The molecule has 5 heteroatoms. The highest BCUT2D eigenvalue weighted by Crippen LogP contribution is 2.31. The number of ether oxygens (including phenoxy) is 1. The van der Waals surface area contributed by atoms with Gasteiger partial charge in [-0.15, -0.1) is 0 Å². The Bertz CT molecular complexity index is 591. The fourth-order valence-corrected chi connectivity index (χ4v) is 1.96. The normalized spacial score (nSPS) is 13.0. The Balaban J connectivity index is 2.11. The van der Waals surface area contributed by atoms with Crippen molar-refractivity contribution in [2.75, 3.05) is 0 Å². The third-order valence-electron chi connectivity index (χ3n) is 2.87. The Morgan fingerprint density at radius 3 is 2.29 bits per heavy atom. The number of rotatable bonds is 4. The molecule has 0 bridgehead atoms. The van der Waals surface area contributed by atoms with Crippen molar-refractivity contribution in [3.63, 3.8) is 0 Å². The fraction of sp³-hybridized carbons (Fsp3) is 0.250. The van der Waals surface area contributed by atoms with Crippen molar-refractivity contribution < 1.29 is 17.9 Å². The summed E-state index contributed by atoms with van der Waals surface area (Å²) in [6.07, 6.45) is -3.63. The molecule has 2 rings (SSSR count). The minimum Gasteiger partial charge on any atom is -0.457 e. The predicted octanol–water partition coefficient (Wildman–Crippen LogP) is 4.39. The first-order valence-electron chi connectivity index (χ1n) is 6.54. The lowest BCUT2D eigenvalue weighted by molar-refractivity contribution is -0.137. The molecule has 0 aromatic heterocycles. The van der Waals surface area contributed by atoms with E-state index in [1.165, 1.54) is 12.1 Å². The summed E-state index contributed by atoms with van der Waals surface area (Å²) >= 11 is 0. The largest absolute Gasteiger partial charge is 0.457 e. The Labute approximate surface area is 121 Å². The monoisotopic (exact) mass is 295 g/mol. The molecule has 0 spiro atoms. The molecule has 0 saturated heterocycles. The standard InChI is InChI=1S/C16H16F3NO/c1-11(20)9-12-3-2-4-15(10-12)21-14-7-5-13(6-8-14)16(17,18)19/h2-8,10-11H,9,20H2,1H3. The first-order valence-corrected chi connectivity index (χ1v) is 6.54. The Morgan fingerprint density at radius 1 is 1.05 bits per heavy atom. The maximum Gasteiger partial charge on any atom is 0.416 e. The van der Waals surface area contributed by atoms with Crippen LogP contribution in [0.15, 0.2) is 48.5 Å². The van der Waals surface area contributed by atoms with Gasteiger partial charge in [0.25, 0.3) is 0 Å². The molecule has 2 N–H and O–H groups in total. The lowest BCUT2D eigenvalue weighted by atomic mass is 10.1. The molecule has 1 atom stereocenters. The van der Waals surface area contributed by atoms with Gasteiger partial charge in [0.1, 0.15) is 11.5 Å². The molecule has 0 aliphatic rings. The maximum absolute atomic E-state index is 12.5. The first kappa shape index (κ1) is 15.4. The van der Waals surface area contributed by atoms with Gasteiger partial charge in [0, 0.05) is 6.04 Å². The van der Waals surface area contributed by atoms with Gasteiger partial charge in [0.15, 0.2) is 0 Å². The van der Waals surface area contributed by atoms with Crippen molar-refractivity contribution in [2.45, 2.75) is 25.6 Å². The van der Waals surface area contributed by atoms with Gasteiger partial charge in [-0.25, -0.2) is 0 Å². The zero-order valence-electron chi connectivity index (χ0n) is 11.5. The van der Waals surface area contributed by atoms with E-state index in [0.717, 1.165) is 17.7 Å². The van der Waals surface area contributed by atoms with Crippen molar-refractivity contribution in [3.8, 4) is 11.5 Å². The molecule has 112 valence electrons. The van der Waals surface area contributed by atoms with E-state index in [-0.39, 0.29) is 6.04 Å². The average Bonchev–Trinajstić information content (AvgIpc) is 2.38. The molecule has 0 heterocycles. The van der Waals surface area contributed by atoms with Gasteiger partial charge in [-0.3, -0.25) is 0 Å². The number of nitrogens with two attached hydrogens (primary N) is 1. The molecule has 21 heavy (non-hydrogen) atoms. The van der Waals surface area contributed by atoms with E-state index >= 15 is 0 Å². The molecule has 2 aromatic rings. The second kappa shape index (κ2) is 6.18. The molecule has 2 aromatic carbocycles. The van der Waals surface area contributed by atoms with Gasteiger partial charge in [-0.1, -0.05) is 12.1 Å². The highest BCUT2D eigenvalue weighted by Gasteiger charge is 2.30. The minimum absolute atomic E-state index is 0.0336. The quantitative estimate of drug-likeness (QED) is 0.908. The van der Waals surface area contributed by atoms with Crippen LogP contribution in [0, 0.1) is 0 Å². The Morgan fingerprint density at radius 2 is 1.71 bits per heavy atom. The van der Waals surface area contributed by atoms with Crippen LogP contribution in [0.4, 0.5) is 13.2 Å². The molecule has 0 fully saturated rings. The molecule has 1 unspecified atom stereocenters. The van der Waals surface area contributed by atoms with Gasteiger partial charge in [-0.2, -0.15) is 13.2 Å². The average molecular weight is 295 g/mol. The van der Waals surface area contributed by atoms with Crippen LogP contribution in [-0.2, 0) is 12.6 Å². The van der Waals surface area contributed by atoms with Crippen molar-refractivity contribution in [1.82, 2.24) is 0 Å². The highest BCUT2D eigenvalue weighted by molar-refractivity contribution is 5.36. The Kier molecular flexibility index (Phi) is 4.53. The van der Waals surface area contributed by atoms with Crippen molar-refractivity contribution in [3.05, 3.63) is 59.7 Å². The summed E-state index contributed by atoms with van der Waals surface area (Å²) in [7, 11) is 0. The zero-order chi connectivity index (χ0) is 15.5. The van der Waals surface area contributed by atoms with Gasteiger partial charge < -0.3 is 10.5 Å². The lowest BCUT2D eigenvalue weighted by Gasteiger charge is -2.10. The molecule has 0 aliphatic heterocycles. The second-order valence-electron chi connectivity index (χ2n) is 4.95. The van der Waals surface area contributed by atoms with Crippen LogP contribution in [0.1, 0.15) is 18.1 Å². The predicted molar refractivity (Wildman–Crippen MR) is 75.3 cm³/mol. The number of hydrogen-bond donors (Lipinski definition) is 1. The van der Waals surface area contributed by atoms with Gasteiger partial charge in [0.05, 0.1) is 5.56 Å². The van der Waals surface area contributed by atoms with E-state index in [2.05, 4.69) is 0 Å². The first-order chi connectivity index (χ1) is 9.84. The smallest absolute Gasteiger partial charge is 0.416 e. The summed E-state index contributed by atoms with van der Waals surface area (Å²) < 4.78 is 43.0. The molecule has 0 amide bonds. The van der Waals surface area contributed by atoms with E-state index in [4.69, 9.17) is 10.5 Å². The molecule has 0 aliphatic carbocycles. The van der Waals surface area contributed by atoms with E-state index in [1.807, 2.05) is 25.1 Å². The maximum atomic E-state index is 12.5. The van der Waals surface area contributed by atoms with Crippen LogP contribution in [0.25, 0.3) is 0 Å². The van der Waals surface area contributed by atoms with Gasteiger partial charge >= 0.3 is 6.18 Å². The minimum atomic E-state index is -4.34.